The maximum Gasteiger partial charge on any atom is 0.421 e. The van der Waals surface area contributed by atoms with Gasteiger partial charge >= 0.3 is 12.1 Å². The van der Waals surface area contributed by atoms with Gasteiger partial charge < -0.3 is 9.47 Å². The number of hydrogen-bond acceptors (Lipinski definition) is 6. The molecule has 4 rings (SSSR count). The lowest BCUT2D eigenvalue weighted by Crippen LogP contribution is -2.47. The number of carbonyl (C=O) groups excluding carboxylic acids is 3. The van der Waals surface area contributed by atoms with Crippen molar-refractivity contribution in [2.75, 3.05) is 4.90 Å². The summed E-state index contributed by atoms with van der Waals surface area (Å²) in [5.74, 6) is -1.35. The van der Waals surface area contributed by atoms with E-state index in [-0.39, 0.29) is 0 Å². The number of hydrogen-bond donors (Lipinski definition) is 0. The second kappa shape index (κ2) is 7.67. The molecule has 3 aromatic rings. The quantitative estimate of drug-likeness (QED) is 0.533. The van der Waals surface area contributed by atoms with Crippen LogP contribution in [-0.2, 0) is 19.9 Å². The predicted molar refractivity (Wildman–Crippen MR) is 117 cm³/mol. The summed E-state index contributed by atoms with van der Waals surface area (Å²) in [6.07, 6.45) is -0.820. The smallest absolute Gasteiger partial charge is 0.421 e. The average Bonchev–Trinajstić information content (AvgIpc) is 3.34. The first kappa shape index (κ1) is 20.8. The van der Waals surface area contributed by atoms with Crippen LogP contribution in [0.1, 0.15) is 41.6 Å². The second-order valence-corrected chi connectivity index (χ2v) is 9.00. The standard InChI is InChI=1S/C24H21NO5S/c1-23(2,3)30-22(28)25-18-13-8-7-12-17(18)24(21(25)27,19-14-9-15-31-19)29-20(26)16-10-5-4-6-11-16/h4-15H,1-3H3/t24-/m1/s1. The van der Waals surface area contributed by atoms with Gasteiger partial charge in [-0.2, -0.15) is 0 Å². The van der Waals surface area contributed by atoms with Crippen LogP contribution >= 0.6 is 11.3 Å². The van der Waals surface area contributed by atoms with Gasteiger partial charge in [0.15, 0.2) is 0 Å². The number of anilines is 1. The highest BCUT2D eigenvalue weighted by atomic mass is 32.1. The third kappa shape index (κ3) is 3.61. The monoisotopic (exact) mass is 435 g/mol. The lowest BCUT2D eigenvalue weighted by molar-refractivity contribution is -0.132. The van der Waals surface area contributed by atoms with Gasteiger partial charge in [0.1, 0.15) is 5.60 Å². The fraction of sp³-hybridized carbons (Fsp3) is 0.208. The molecule has 0 saturated heterocycles. The predicted octanol–water partition coefficient (Wildman–Crippen LogP) is 5.13. The third-order valence-electron chi connectivity index (χ3n) is 4.73. The number of esters is 1. The summed E-state index contributed by atoms with van der Waals surface area (Å²) in [5, 5.41) is 1.79. The van der Waals surface area contributed by atoms with Gasteiger partial charge in [0.2, 0.25) is 0 Å². The van der Waals surface area contributed by atoms with E-state index in [1.807, 2.05) is 0 Å². The summed E-state index contributed by atoms with van der Waals surface area (Å²) < 4.78 is 11.4. The van der Waals surface area contributed by atoms with Crippen molar-refractivity contribution in [2.45, 2.75) is 32.0 Å². The van der Waals surface area contributed by atoms with E-state index in [0.717, 1.165) is 4.90 Å². The summed E-state index contributed by atoms with van der Waals surface area (Å²) in [5.41, 5.74) is -1.54. The number of thiophene rings is 1. The van der Waals surface area contributed by atoms with Gasteiger partial charge in [-0.05, 0) is 50.4 Å². The van der Waals surface area contributed by atoms with Crippen molar-refractivity contribution >= 4 is 35.0 Å². The van der Waals surface area contributed by atoms with Gasteiger partial charge in [0.25, 0.3) is 11.5 Å². The molecular weight excluding hydrogens is 414 g/mol. The number of rotatable bonds is 3. The molecule has 0 N–H and O–H groups in total. The van der Waals surface area contributed by atoms with Crippen LogP contribution in [0, 0.1) is 0 Å². The van der Waals surface area contributed by atoms with E-state index in [0.29, 0.717) is 21.7 Å². The van der Waals surface area contributed by atoms with Gasteiger partial charge in [0.05, 0.1) is 16.1 Å². The minimum atomic E-state index is -1.78. The third-order valence-corrected chi connectivity index (χ3v) is 5.70. The Hall–Kier alpha value is -3.45. The van der Waals surface area contributed by atoms with E-state index in [1.54, 1.807) is 92.9 Å². The van der Waals surface area contributed by atoms with Crippen molar-refractivity contribution < 1.29 is 23.9 Å². The number of imide groups is 1. The van der Waals surface area contributed by atoms with Crippen molar-refractivity contribution in [2.24, 2.45) is 0 Å². The fourth-order valence-corrected chi connectivity index (χ4v) is 4.34. The Morgan fingerprint density at radius 2 is 1.61 bits per heavy atom. The van der Waals surface area contributed by atoms with E-state index in [2.05, 4.69) is 0 Å². The zero-order chi connectivity index (χ0) is 22.2. The molecular formula is C24H21NO5S. The number of ether oxygens (including phenoxy) is 2. The molecule has 6 nitrogen and oxygen atoms in total. The molecule has 158 valence electrons. The summed E-state index contributed by atoms with van der Waals surface area (Å²) in [4.78, 5) is 41.3. The molecule has 0 saturated carbocycles. The van der Waals surface area contributed by atoms with E-state index in [1.165, 1.54) is 11.3 Å². The lowest BCUT2D eigenvalue weighted by atomic mass is 9.93. The Balaban J connectivity index is 1.86. The Kier molecular flexibility index (Phi) is 5.15. The Bertz CT molecular complexity index is 1130. The Morgan fingerprint density at radius 1 is 0.935 bits per heavy atom. The first-order valence-electron chi connectivity index (χ1n) is 9.73. The van der Waals surface area contributed by atoms with Crippen molar-refractivity contribution in [3.63, 3.8) is 0 Å². The zero-order valence-electron chi connectivity index (χ0n) is 17.3. The molecule has 0 spiro atoms. The van der Waals surface area contributed by atoms with E-state index >= 15 is 0 Å². The van der Waals surface area contributed by atoms with Gasteiger partial charge in [-0.3, -0.25) is 4.79 Å². The van der Waals surface area contributed by atoms with Crippen molar-refractivity contribution in [3.05, 3.63) is 88.1 Å². The van der Waals surface area contributed by atoms with E-state index in [4.69, 9.17) is 9.47 Å². The Morgan fingerprint density at radius 3 is 2.26 bits per heavy atom. The molecule has 1 aliphatic heterocycles. The molecule has 0 fully saturated rings. The molecule has 1 atom stereocenters. The highest BCUT2D eigenvalue weighted by Crippen LogP contribution is 2.49. The summed E-state index contributed by atoms with van der Waals surface area (Å²) >= 11 is 1.27. The molecule has 0 unspecified atom stereocenters. The van der Waals surface area contributed by atoms with Crippen molar-refractivity contribution in [1.82, 2.24) is 0 Å². The molecule has 0 aliphatic carbocycles. The van der Waals surface area contributed by atoms with Gasteiger partial charge in [0, 0.05) is 5.56 Å². The van der Waals surface area contributed by atoms with Crippen LogP contribution in [0.5, 0.6) is 0 Å². The van der Waals surface area contributed by atoms with Crippen LogP contribution in [0.15, 0.2) is 72.1 Å². The van der Waals surface area contributed by atoms with Crippen LogP contribution in [0.25, 0.3) is 0 Å². The molecule has 0 radical (unpaired) electrons. The molecule has 1 aliphatic rings. The molecule has 2 aromatic carbocycles. The largest absolute Gasteiger partial charge is 0.443 e. The molecule has 2 amide bonds. The molecule has 7 heteroatoms. The van der Waals surface area contributed by atoms with Crippen molar-refractivity contribution in [1.29, 1.82) is 0 Å². The first-order chi connectivity index (χ1) is 14.7. The van der Waals surface area contributed by atoms with Crippen LogP contribution in [-0.4, -0.2) is 23.6 Å². The maximum atomic E-state index is 13.8. The average molecular weight is 436 g/mol. The second-order valence-electron chi connectivity index (χ2n) is 8.05. The number of carbonyl (C=O) groups is 3. The summed E-state index contributed by atoms with van der Waals surface area (Å²) in [7, 11) is 0. The molecule has 1 aromatic heterocycles. The summed E-state index contributed by atoms with van der Waals surface area (Å²) in [6, 6.07) is 18.7. The van der Waals surface area contributed by atoms with Crippen LogP contribution in [0.2, 0.25) is 0 Å². The van der Waals surface area contributed by atoms with Gasteiger partial charge in [-0.25, -0.2) is 14.5 Å². The zero-order valence-corrected chi connectivity index (χ0v) is 18.1. The van der Waals surface area contributed by atoms with Gasteiger partial charge in [-0.15, -0.1) is 11.3 Å². The van der Waals surface area contributed by atoms with Crippen LogP contribution in [0.4, 0.5) is 10.5 Å². The lowest BCUT2D eigenvalue weighted by Gasteiger charge is -2.28. The molecule has 2 heterocycles. The number of fused-ring (bicyclic) bond motifs is 1. The van der Waals surface area contributed by atoms with Crippen LogP contribution < -0.4 is 4.90 Å². The SMILES string of the molecule is CC(C)(C)OC(=O)N1C(=O)[C@](OC(=O)c2ccccc2)(c2cccs2)c2ccccc21. The fourth-order valence-electron chi connectivity index (χ4n) is 3.48. The van der Waals surface area contributed by atoms with Gasteiger partial charge in [-0.1, -0.05) is 42.5 Å². The first-order valence-corrected chi connectivity index (χ1v) is 10.6. The van der Waals surface area contributed by atoms with Crippen LogP contribution in [0.3, 0.4) is 0 Å². The topological polar surface area (TPSA) is 72.9 Å². The Labute approximate surface area is 184 Å². The van der Waals surface area contributed by atoms with E-state index in [9.17, 15) is 14.4 Å². The molecule has 31 heavy (non-hydrogen) atoms. The normalized spacial score (nSPS) is 17.9. The highest BCUT2D eigenvalue weighted by molar-refractivity contribution is 7.10. The summed E-state index contributed by atoms with van der Waals surface area (Å²) in [6.45, 7) is 5.16. The molecule has 0 bridgehead atoms. The van der Waals surface area contributed by atoms with Crippen molar-refractivity contribution in [3.8, 4) is 0 Å². The number of benzene rings is 2. The minimum absolute atomic E-state index is 0.305. The highest BCUT2D eigenvalue weighted by Gasteiger charge is 2.59. The van der Waals surface area contributed by atoms with E-state index < -0.39 is 29.2 Å². The number of nitrogens with zero attached hydrogens (tertiary/aromatic N) is 1. The maximum absolute atomic E-state index is 13.8. The minimum Gasteiger partial charge on any atom is -0.443 e. The number of amides is 2. The number of para-hydroxylation sites is 1.